The molecule has 0 aliphatic heterocycles. The van der Waals surface area contributed by atoms with Gasteiger partial charge in [0.1, 0.15) is 23.9 Å². The van der Waals surface area contributed by atoms with E-state index in [1.165, 1.54) is 12.1 Å². The van der Waals surface area contributed by atoms with Crippen LogP contribution in [-0.2, 0) is 30.4 Å². The minimum Gasteiger partial charge on any atom is -0.508 e. The van der Waals surface area contributed by atoms with Crippen molar-refractivity contribution in [3.05, 3.63) is 29.8 Å². The number of aromatic hydroxyl groups is 1. The van der Waals surface area contributed by atoms with Gasteiger partial charge in [0.05, 0.1) is 19.1 Å². The molecule has 0 heterocycles. The first-order valence-corrected chi connectivity index (χ1v) is 11.5. The van der Waals surface area contributed by atoms with E-state index in [0.717, 1.165) is 0 Å². The molecule has 0 saturated carbocycles. The first kappa shape index (κ1) is 31.6. The Balaban J connectivity index is 2.99. The summed E-state index contributed by atoms with van der Waals surface area (Å²) in [6.45, 7) is -0.826. The van der Waals surface area contributed by atoms with Crippen molar-refractivity contribution in [1.82, 2.24) is 16.0 Å². The van der Waals surface area contributed by atoms with Crippen LogP contribution in [0.1, 0.15) is 24.8 Å². The lowest BCUT2D eigenvalue weighted by atomic mass is 10.0. The molecule has 4 amide bonds. The van der Waals surface area contributed by atoms with E-state index in [1.54, 1.807) is 12.1 Å². The van der Waals surface area contributed by atoms with Gasteiger partial charge in [0.2, 0.25) is 23.6 Å². The summed E-state index contributed by atoms with van der Waals surface area (Å²) in [5.41, 5.74) is 22.3. The maximum Gasteiger partial charge on any atom is 0.328 e. The first-order chi connectivity index (χ1) is 17.8. The number of nitrogens with two attached hydrogens (primary N) is 4. The van der Waals surface area contributed by atoms with E-state index in [4.69, 9.17) is 28.0 Å². The van der Waals surface area contributed by atoms with Crippen LogP contribution in [0.15, 0.2) is 29.3 Å². The zero-order chi connectivity index (χ0) is 28.8. The fourth-order valence-corrected chi connectivity index (χ4v) is 3.17. The Morgan fingerprint density at radius 1 is 0.868 bits per heavy atom. The lowest BCUT2D eigenvalue weighted by Crippen LogP contribution is -2.58. The molecule has 4 atom stereocenters. The number of benzene rings is 1. The fraction of sp³-hybridized carbons (Fsp3) is 0.455. The highest BCUT2D eigenvalue weighted by molar-refractivity contribution is 5.96. The van der Waals surface area contributed by atoms with Crippen molar-refractivity contribution in [2.75, 3.05) is 13.2 Å². The number of nitrogens with zero attached hydrogens (tertiary/aromatic N) is 1. The zero-order valence-electron chi connectivity index (χ0n) is 20.5. The second-order valence-corrected chi connectivity index (χ2v) is 8.30. The lowest BCUT2D eigenvalue weighted by molar-refractivity contribution is -0.143. The molecule has 16 nitrogen and oxygen atoms in total. The third-order valence-corrected chi connectivity index (χ3v) is 5.14. The maximum atomic E-state index is 13.0. The molecule has 210 valence electrons. The van der Waals surface area contributed by atoms with Gasteiger partial charge in [0.15, 0.2) is 5.96 Å². The normalized spacial score (nSPS) is 13.7. The van der Waals surface area contributed by atoms with Crippen LogP contribution in [0.3, 0.4) is 0 Å². The molecular weight excluding hydrogens is 504 g/mol. The van der Waals surface area contributed by atoms with Gasteiger partial charge in [-0.1, -0.05) is 12.1 Å². The van der Waals surface area contributed by atoms with Crippen LogP contribution in [0.25, 0.3) is 0 Å². The smallest absolute Gasteiger partial charge is 0.328 e. The zero-order valence-corrected chi connectivity index (χ0v) is 20.5. The molecule has 0 bridgehead atoms. The van der Waals surface area contributed by atoms with E-state index in [1.807, 2.05) is 0 Å². The molecule has 0 aromatic heterocycles. The van der Waals surface area contributed by atoms with E-state index >= 15 is 0 Å². The Kier molecular flexibility index (Phi) is 13.0. The number of rotatable bonds is 16. The van der Waals surface area contributed by atoms with E-state index in [0.29, 0.717) is 5.56 Å². The van der Waals surface area contributed by atoms with E-state index < -0.39 is 66.8 Å². The average Bonchev–Trinajstić information content (AvgIpc) is 2.84. The third kappa shape index (κ3) is 11.5. The van der Waals surface area contributed by atoms with E-state index in [-0.39, 0.29) is 37.5 Å². The van der Waals surface area contributed by atoms with Gasteiger partial charge in [0.25, 0.3) is 0 Å². The van der Waals surface area contributed by atoms with Crippen molar-refractivity contribution in [1.29, 1.82) is 0 Å². The second-order valence-electron chi connectivity index (χ2n) is 8.30. The van der Waals surface area contributed by atoms with Crippen molar-refractivity contribution < 1.29 is 39.3 Å². The van der Waals surface area contributed by atoms with Crippen LogP contribution in [0.5, 0.6) is 5.75 Å². The lowest BCUT2D eigenvalue weighted by Gasteiger charge is -2.24. The topological polar surface area (TPSA) is 299 Å². The highest BCUT2D eigenvalue weighted by Crippen LogP contribution is 2.11. The predicted octanol–water partition coefficient (Wildman–Crippen LogP) is -4.28. The predicted molar refractivity (Wildman–Crippen MR) is 134 cm³/mol. The van der Waals surface area contributed by atoms with Crippen molar-refractivity contribution in [2.45, 2.75) is 49.9 Å². The molecule has 1 aromatic carbocycles. The van der Waals surface area contributed by atoms with Gasteiger partial charge in [-0.15, -0.1) is 0 Å². The molecule has 0 aliphatic carbocycles. The minimum absolute atomic E-state index is 0.0236. The van der Waals surface area contributed by atoms with Gasteiger partial charge < -0.3 is 54.2 Å². The van der Waals surface area contributed by atoms with Gasteiger partial charge in [-0.25, -0.2) is 4.79 Å². The van der Waals surface area contributed by atoms with Crippen LogP contribution in [0, 0.1) is 0 Å². The summed E-state index contributed by atoms with van der Waals surface area (Å²) >= 11 is 0. The van der Waals surface area contributed by atoms with Crippen LogP contribution in [0.4, 0.5) is 0 Å². The van der Waals surface area contributed by atoms with Crippen molar-refractivity contribution in [3.8, 4) is 5.75 Å². The molecule has 1 rings (SSSR count). The SMILES string of the molecule is NC(=O)CC(NC(=O)C(N)Cc1ccc(O)cc1)C(=O)NC(CCCN=C(N)N)C(=O)NC(CO)C(=O)O. The number of guanidine groups is 1. The van der Waals surface area contributed by atoms with Gasteiger partial charge in [0, 0.05) is 6.54 Å². The standard InChI is InChI=1S/C22H34N8O8/c23-13(8-11-3-5-12(32)6-4-11)18(34)29-15(9-17(24)33)20(36)28-14(2-1-7-27-22(25)26)19(35)30-16(10-31)21(37)38/h3-6,13-16,31-32H,1-2,7-10,23H2,(H2,24,33)(H,28,36)(H,29,34)(H,30,35)(H,37,38)(H4,25,26,27). The van der Waals surface area contributed by atoms with Crippen LogP contribution in [-0.4, -0.2) is 88.2 Å². The molecule has 38 heavy (non-hydrogen) atoms. The number of aliphatic imine (C=N–C) groups is 1. The minimum atomic E-state index is -1.64. The molecular formula is C22H34N8O8. The number of carbonyl (C=O) groups is 5. The summed E-state index contributed by atoms with van der Waals surface area (Å²) in [4.78, 5) is 64.8. The summed E-state index contributed by atoms with van der Waals surface area (Å²) in [5, 5.41) is 34.4. The molecule has 0 saturated heterocycles. The number of amides is 4. The van der Waals surface area contributed by atoms with Crippen molar-refractivity contribution >= 4 is 35.6 Å². The number of primary amides is 1. The Morgan fingerprint density at radius 2 is 1.42 bits per heavy atom. The monoisotopic (exact) mass is 538 g/mol. The summed E-state index contributed by atoms with van der Waals surface area (Å²) in [6.07, 6.45) is -0.466. The molecule has 14 N–H and O–H groups in total. The first-order valence-electron chi connectivity index (χ1n) is 11.5. The number of aliphatic hydroxyl groups excluding tert-OH is 1. The number of nitrogens with one attached hydrogen (secondary N) is 3. The van der Waals surface area contributed by atoms with Crippen LogP contribution < -0.4 is 38.9 Å². The molecule has 0 aliphatic rings. The quantitative estimate of drug-likeness (QED) is 0.0545. The van der Waals surface area contributed by atoms with Gasteiger partial charge in [-0.3, -0.25) is 24.2 Å². The molecule has 1 aromatic rings. The summed E-state index contributed by atoms with van der Waals surface area (Å²) in [6, 6.07) is 0.299. The molecule has 4 unspecified atom stereocenters. The number of carbonyl (C=O) groups excluding carboxylic acids is 4. The molecule has 0 radical (unpaired) electrons. The maximum absolute atomic E-state index is 13.0. The number of aliphatic hydroxyl groups is 1. The van der Waals surface area contributed by atoms with Crippen molar-refractivity contribution in [2.24, 2.45) is 27.9 Å². The van der Waals surface area contributed by atoms with Crippen molar-refractivity contribution in [3.63, 3.8) is 0 Å². The average molecular weight is 539 g/mol. The van der Waals surface area contributed by atoms with Crippen LogP contribution in [0.2, 0.25) is 0 Å². The van der Waals surface area contributed by atoms with Gasteiger partial charge >= 0.3 is 5.97 Å². The Bertz CT molecular complexity index is 1010. The number of aliphatic carboxylic acids is 1. The van der Waals surface area contributed by atoms with E-state index in [2.05, 4.69) is 20.9 Å². The van der Waals surface area contributed by atoms with Crippen LogP contribution >= 0.6 is 0 Å². The number of carboxylic acid groups (broad SMARTS) is 1. The summed E-state index contributed by atoms with van der Waals surface area (Å²) in [5.74, 6) is -5.32. The number of hydrogen-bond acceptors (Lipinski definition) is 9. The summed E-state index contributed by atoms with van der Waals surface area (Å²) in [7, 11) is 0. The number of phenolic OH excluding ortho intramolecular Hbond substituents is 1. The third-order valence-electron chi connectivity index (χ3n) is 5.14. The largest absolute Gasteiger partial charge is 0.508 e. The Labute approximate surface area is 217 Å². The number of phenols is 1. The Hall–Kier alpha value is -4.44. The number of carboxylic acids is 1. The molecule has 0 fully saturated rings. The van der Waals surface area contributed by atoms with E-state index in [9.17, 15) is 34.2 Å². The molecule has 0 spiro atoms. The highest BCUT2D eigenvalue weighted by Gasteiger charge is 2.31. The Morgan fingerprint density at radius 3 is 1.95 bits per heavy atom. The molecule has 16 heteroatoms. The summed E-state index contributed by atoms with van der Waals surface area (Å²) < 4.78 is 0. The van der Waals surface area contributed by atoms with Gasteiger partial charge in [-0.05, 0) is 37.0 Å². The second kappa shape index (κ2) is 15.6. The fourth-order valence-electron chi connectivity index (χ4n) is 3.17. The van der Waals surface area contributed by atoms with Gasteiger partial charge in [-0.2, -0.15) is 0 Å². The number of hydrogen-bond donors (Lipinski definition) is 10. The highest BCUT2D eigenvalue weighted by atomic mass is 16.4.